The van der Waals surface area contributed by atoms with E-state index < -0.39 is 5.82 Å². The van der Waals surface area contributed by atoms with Gasteiger partial charge in [0.2, 0.25) is 0 Å². The zero-order valence-electron chi connectivity index (χ0n) is 19.2. The van der Waals surface area contributed by atoms with Crippen LogP contribution < -0.4 is 15.0 Å². The van der Waals surface area contributed by atoms with Crippen molar-refractivity contribution >= 4 is 29.6 Å². The number of nitrogens with one attached hydrogen (secondary N) is 2. The average Bonchev–Trinajstić information content (AvgIpc) is 3.42. The zero-order chi connectivity index (χ0) is 23.7. The van der Waals surface area contributed by atoms with Crippen molar-refractivity contribution < 1.29 is 14.2 Å². The number of rotatable bonds is 6. The number of aliphatic hydroxyl groups excluding tert-OH is 1. The van der Waals surface area contributed by atoms with Gasteiger partial charge in [0, 0.05) is 30.8 Å². The molecule has 5 rings (SSSR count). The molecule has 0 radical (unpaired) electrons. The number of halogens is 1. The van der Waals surface area contributed by atoms with Crippen molar-refractivity contribution in [3.63, 3.8) is 0 Å². The highest BCUT2D eigenvalue weighted by Gasteiger charge is 2.22. The first kappa shape index (κ1) is 22.1. The second-order valence-corrected chi connectivity index (χ2v) is 8.67. The molecule has 0 saturated carbocycles. The Morgan fingerprint density at radius 2 is 2.03 bits per heavy atom. The lowest BCUT2D eigenvalue weighted by Gasteiger charge is -2.30. The van der Waals surface area contributed by atoms with Crippen LogP contribution in [0.4, 0.5) is 21.8 Å². The van der Waals surface area contributed by atoms with Gasteiger partial charge in [-0.15, -0.1) is 0 Å². The molecule has 3 aromatic rings. The molecule has 0 atom stereocenters. The van der Waals surface area contributed by atoms with Crippen LogP contribution >= 0.6 is 0 Å². The molecule has 1 aliphatic heterocycles. The molecule has 0 bridgehead atoms. The summed E-state index contributed by atoms with van der Waals surface area (Å²) in [7, 11) is 0. The summed E-state index contributed by atoms with van der Waals surface area (Å²) in [6, 6.07) is 7.20. The van der Waals surface area contributed by atoms with E-state index in [0.29, 0.717) is 48.9 Å². The van der Waals surface area contributed by atoms with Crippen LogP contribution in [0.25, 0.3) is 12.2 Å². The molecule has 2 aliphatic rings. The number of piperidine rings is 1. The number of fused-ring (bicyclic) bond motifs is 1. The molecule has 34 heavy (non-hydrogen) atoms. The number of anilines is 3. The number of nitrogens with zero attached hydrogens (tertiary/aromatic N) is 4. The van der Waals surface area contributed by atoms with E-state index in [1.54, 1.807) is 12.1 Å². The highest BCUT2D eigenvalue weighted by Crippen LogP contribution is 2.34. The fourth-order valence-electron chi connectivity index (χ4n) is 4.27. The summed E-state index contributed by atoms with van der Waals surface area (Å²) in [5, 5.41) is 20.2. The van der Waals surface area contributed by atoms with Crippen molar-refractivity contribution in [2.45, 2.75) is 39.2 Å². The molecule has 3 N–H and O–H groups in total. The van der Waals surface area contributed by atoms with Crippen molar-refractivity contribution in [1.82, 2.24) is 20.2 Å². The van der Waals surface area contributed by atoms with Crippen LogP contribution in [0.15, 0.2) is 35.9 Å². The smallest absolute Gasteiger partial charge is 0.326 e. The summed E-state index contributed by atoms with van der Waals surface area (Å²) >= 11 is 0. The van der Waals surface area contributed by atoms with Crippen molar-refractivity contribution in [3.05, 3.63) is 58.6 Å². The molecule has 0 unspecified atom stereocenters. The lowest BCUT2D eigenvalue weighted by Crippen LogP contribution is -2.36. The SMILES string of the molecule is C/C=C/c1cc(Nc2cc(N3CCC(O)CC3)nc(Oc3ccc4c(c3F)C=C(C)C4)n2)n[nH]1. The van der Waals surface area contributed by atoms with E-state index in [1.165, 1.54) is 0 Å². The van der Waals surface area contributed by atoms with Gasteiger partial charge in [-0.25, -0.2) is 4.39 Å². The third-order valence-electron chi connectivity index (χ3n) is 5.98. The van der Waals surface area contributed by atoms with E-state index in [-0.39, 0.29) is 17.9 Å². The number of allylic oxidation sites excluding steroid dienone is 2. The third kappa shape index (κ3) is 4.65. The first-order valence-corrected chi connectivity index (χ1v) is 11.4. The van der Waals surface area contributed by atoms with Crippen LogP contribution in [0.5, 0.6) is 11.8 Å². The third-order valence-corrected chi connectivity index (χ3v) is 5.98. The minimum Gasteiger partial charge on any atom is -0.421 e. The van der Waals surface area contributed by atoms with E-state index >= 15 is 4.39 Å². The number of aliphatic hydroxyl groups is 1. The summed E-state index contributed by atoms with van der Waals surface area (Å²) in [4.78, 5) is 11.1. The Hall–Kier alpha value is -3.72. The monoisotopic (exact) mass is 462 g/mol. The van der Waals surface area contributed by atoms with E-state index in [2.05, 4.69) is 30.4 Å². The Kier molecular flexibility index (Phi) is 6.02. The van der Waals surface area contributed by atoms with Crippen LogP contribution in [0, 0.1) is 5.82 Å². The summed E-state index contributed by atoms with van der Waals surface area (Å²) in [6.45, 7) is 5.22. The Morgan fingerprint density at radius 3 is 2.82 bits per heavy atom. The lowest BCUT2D eigenvalue weighted by atomic mass is 10.1. The molecule has 1 aliphatic carbocycles. The minimum absolute atomic E-state index is 0.0351. The van der Waals surface area contributed by atoms with Crippen molar-refractivity contribution in [1.29, 1.82) is 0 Å². The molecule has 3 heterocycles. The number of benzene rings is 1. The van der Waals surface area contributed by atoms with E-state index in [0.717, 1.165) is 23.3 Å². The van der Waals surface area contributed by atoms with Gasteiger partial charge in [-0.1, -0.05) is 23.8 Å². The highest BCUT2D eigenvalue weighted by molar-refractivity contribution is 5.66. The molecule has 0 amide bonds. The summed E-state index contributed by atoms with van der Waals surface area (Å²) < 4.78 is 21.0. The maximum atomic E-state index is 15.2. The second-order valence-electron chi connectivity index (χ2n) is 8.67. The van der Waals surface area contributed by atoms with Gasteiger partial charge in [-0.3, -0.25) is 5.10 Å². The Labute approximate surface area is 197 Å². The van der Waals surface area contributed by atoms with E-state index in [4.69, 9.17) is 4.74 Å². The number of H-pyrrole nitrogens is 1. The molecule has 2 aromatic heterocycles. The van der Waals surface area contributed by atoms with Gasteiger partial charge in [0.05, 0.1) is 11.8 Å². The van der Waals surface area contributed by atoms with Gasteiger partial charge >= 0.3 is 6.01 Å². The van der Waals surface area contributed by atoms with Gasteiger partial charge in [-0.2, -0.15) is 15.1 Å². The molecule has 1 fully saturated rings. The fraction of sp³-hybridized carbons (Fsp3) is 0.320. The van der Waals surface area contributed by atoms with Gasteiger partial charge in [0.1, 0.15) is 11.6 Å². The molecule has 8 nitrogen and oxygen atoms in total. The average molecular weight is 463 g/mol. The van der Waals surface area contributed by atoms with Gasteiger partial charge in [0.25, 0.3) is 0 Å². The van der Waals surface area contributed by atoms with Gasteiger partial charge < -0.3 is 20.1 Å². The molecule has 1 saturated heterocycles. The highest BCUT2D eigenvalue weighted by atomic mass is 19.1. The van der Waals surface area contributed by atoms with E-state index in [1.807, 2.05) is 44.2 Å². The first-order chi connectivity index (χ1) is 16.5. The molecule has 9 heteroatoms. The van der Waals surface area contributed by atoms with Crippen molar-refractivity contribution in [2.24, 2.45) is 0 Å². The Bertz CT molecular complexity index is 1260. The standard InChI is InChI=1S/C25H27FN6O2/c1-3-4-17-13-22(31-30-17)27-21-14-23(32-9-7-18(33)8-10-32)29-25(28-21)34-20-6-5-16-11-15(2)12-19(16)24(20)26/h3-6,12-14,18,33H,7-11H2,1-2H3,(H2,27,28,29,30,31)/b4-3+. The van der Waals surface area contributed by atoms with Crippen LogP contribution in [0.1, 0.15) is 43.5 Å². The molecule has 1 aromatic carbocycles. The molecule has 176 valence electrons. The van der Waals surface area contributed by atoms with Crippen molar-refractivity contribution in [2.75, 3.05) is 23.3 Å². The topological polar surface area (TPSA) is 99.2 Å². The predicted octanol–water partition coefficient (Wildman–Crippen LogP) is 4.83. The number of ether oxygens (including phenoxy) is 1. The molecular formula is C25H27FN6O2. The summed E-state index contributed by atoms with van der Waals surface area (Å²) in [6.07, 6.45) is 7.41. The number of aromatic nitrogens is 4. The van der Waals surface area contributed by atoms with Crippen LogP contribution in [-0.2, 0) is 6.42 Å². The zero-order valence-corrected chi connectivity index (χ0v) is 19.2. The minimum atomic E-state index is -0.415. The number of hydrogen-bond acceptors (Lipinski definition) is 7. The predicted molar refractivity (Wildman–Crippen MR) is 130 cm³/mol. The summed E-state index contributed by atoms with van der Waals surface area (Å²) in [5.41, 5.74) is 3.47. The van der Waals surface area contributed by atoms with E-state index in [9.17, 15) is 5.11 Å². The fourth-order valence-corrected chi connectivity index (χ4v) is 4.27. The maximum Gasteiger partial charge on any atom is 0.326 e. The van der Waals surface area contributed by atoms with Crippen LogP contribution in [0.2, 0.25) is 0 Å². The number of hydrogen-bond donors (Lipinski definition) is 3. The maximum absolute atomic E-state index is 15.2. The van der Waals surface area contributed by atoms with Crippen LogP contribution in [-0.4, -0.2) is 44.5 Å². The van der Waals surface area contributed by atoms with Gasteiger partial charge in [0.15, 0.2) is 17.4 Å². The van der Waals surface area contributed by atoms with Gasteiger partial charge in [-0.05, 0) is 50.8 Å². The van der Waals surface area contributed by atoms with Crippen molar-refractivity contribution in [3.8, 4) is 11.8 Å². The number of aromatic amines is 1. The Balaban J connectivity index is 1.46. The summed E-state index contributed by atoms with van der Waals surface area (Å²) in [5.74, 6) is 1.37. The first-order valence-electron chi connectivity index (χ1n) is 11.4. The largest absolute Gasteiger partial charge is 0.421 e. The molecule has 0 spiro atoms. The quantitative estimate of drug-likeness (QED) is 0.483. The normalized spacial score (nSPS) is 16.1. The Morgan fingerprint density at radius 1 is 1.21 bits per heavy atom. The molecular weight excluding hydrogens is 435 g/mol. The van der Waals surface area contributed by atoms with Crippen LogP contribution in [0.3, 0.4) is 0 Å². The second kappa shape index (κ2) is 9.26. The lowest BCUT2D eigenvalue weighted by molar-refractivity contribution is 0.145.